The lowest BCUT2D eigenvalue weighted by molar-refractivity contribution is -0.119. The van der Waals surface area contributed by atoms with Gasteiger partial charge in [0.1, 0.15) is 6.04 Å². The van der Waals surface area contributed by atoms with Crippen LogP contribution in [0.25, 0.3) is 0 Å². The predicted octanol–water partition coefficient (Wildman–Crippen LogP) is 2.01. The Hall–Kier alpha value is -3.04. The number of nitrogens with one attached hydrogen (secondary N) is 1. The van der Waals surface area contributed by atoms with Crippen molar-refractivity contribution >= 4 is 33.4 Å². The second-order valence-electron chi connectivity index (χ2n) is 7.51. The lowest BCUT2D eigenvalue weighted by Gasteiger charge is -2.23. The number of sulfonamides is 1. The smallest absolute Gasteiger partial charge is 0.261 e. The highest BCUT2D eigenvalue weighted by atomic mass is 32.2. The number of imide groups is 1. The van der Waals surface area contributed by atoms with Gasteiger partial charge in [-0.25, -0.2) is 8.42 Å². The first-order chi connectivity index (χ1) is 14.2. The third-order valence-corrected chi connectivity index (χ3v) is 7.41. The van der Waals surface area contributed by atoms with Crippen LogP contribution >= 0.6 is 0 Å². The molecule has 2 heterocycles. The zero-order chi connectivity index (χ0) is 21.6. The van der Waals surface area contributed by atoms with E-state index in [1.165, 1.54) is 41.7 Å². The van der Waals surface area contributed by atoms with Crippen molar-refractivity contribution in [2.24, 2.45) is 0 Å². The van der Waals surface area contributed by atoms with Gasteiger partial charge < -0.3 is 5.32 Å². The van der Waals surface area contributed by atoms with Gasteiger partial charge in [0, 0.05) is 19.3 Å². The molecule has 0 aliphatic carbocycles. The molecule has 1 fully saturated rings. The predicted molar refractivity (Wildman–Crippen MR) is 110 cm³/mol. The fourth-order valence-corrected chi connectivity index (χ4v) is 5.46. The molecular formula is C21H21N3O5S. The van der Waals surface area contributed by atoms with Crippen molar-refractivity contribution in [2.75, 3.05) is 18.9 Å². The normalized spacial score (nSPS) is 19.3. The number of fused-ring (bicyclic) bond motifs is 1. The van der Waals surface area contributed by atoms with Crippen molar-refractivity contribution in [3.05, 3.63) is 59.2 Å². The summed E-state index contributed by atoms with van der Waals surface area (Å²) in [5, 5.41) is 2.70. The number of nitrogens with zero attached hydrogens (tertiary/aromatic N) is 2. The molecular weight excluding hydrogens is 406 g/mol. The van der Waals surface area contributed by atoms with Crippen molar-refractivity contribution in [3.63, 3.8) is 0 Å². The van der Waals surface area contributed by atoms with E-state index in [0.29, 0.717) is 18.5 Å². The van der Waals surface area contributed by atoms with Crippen LogP contribution in [-0.2, 0) is 14.8 Å². The molecule has 2 aliphatic heterocycles. The quantitative estimate of drug-likeness (QED) is 0.752. The summed E-state index contributed by atoms with van der Waals surface area (Å²) in [7, 11) is -2.41. The van der Waals surface area contributed by atoms with Crippen molar-refractivity contribution < 1.29 is 22.8 Å². The van der Waals surface area contributed by atoms with Gasteiger partial charge in [-0.2, -0.15) is 4.31 Å². The highest BCUT2D eigenvalue weighted by Crippen LogP contribution is 2.29. The second kappa shape index (κ2) is 7.33. The van der Waals surface area contributed by atoms with Gasteiger partial charge in [-0.15, -0.1) is 0 Å². The van der Waals surface area contributed by atoms with Gasteiger partial charge in [-0.3, -0.25) is 19.3 Å². The first kappa shape index (κ1) is 20.2. The molecule has 0 bridgehead atoms. The van der Waals surface area contributed by atoms with Gasteiger partial charge >= 0.3 is 0 Å². The standard InChI is InChI=1S/C21H21N3O5S/c1-13-5-8-15(9-6-13)30(28,29)24-11-3-4-18(24)19(25)22-14-7-10-16-17(12-14)21(27)23(2)20(16)26/h5-10,12,18H,3-4,11H2,1-2H3,(H,22,25)/t18-/m0/s1. The molecule has 0 radical (unpaired) electrons. The number of amides is 3. The lowest BCUT2D eigenvalue weighted by atomic mass is 10.1. The molecule has 0 saturated carbocycles. The highest BCUT2D eigenvalue weighted by Gasteiger charge is 2.40. The molecule has 1 atom stereocenters. The van der Waals surface area contributed by atoms with E-state index in [2.05, 4.69) is 5.32 Å². The van der Waals surface area contributed by atoms with Gasteiger partial charge in [0.05, 0.1) is 16.0 Å². The topological polar surface area (TPSA) is 104 Å². The summed E-state index contributed by atoms with van der Waals surface area (Å²) in [5.41, 5.74) is 1.79. The Labute approximate surface area is 174 Å². The lowest BCUT2D eigenvalue weighted by Crippen LogP contribution is -2.43. The molecule has 156 valence electrons. The molecule has 3 amide bonds. The maximum atomic E-state index is 13.0. The minimum absolute atomic E-state index is 0.150. The Morgan fingerprint density at radius 3 is 2.40 bits per heavy atom. The molecule has 2 aromatic rings. The molecule has 0 aromatic heterocycles. The maximum Gasteiger partial charge on any atom is 0.261 e. The van der Waals surface area contributed by atoms with Crippen LogP contribution in [0.15, 0.2) is 47.4 Å². The third kappa shape index (κ3) is 3.29. The molecule has 1 saturated heterocycles. The monoisotopic (exact) mass is 427 g/mol. The average Bonchev–Trinajstić information content (AvgIpc) is 3.30. The summed E-state index contributed by atoms with van der Waals surface area (Å²) in [4.78, 5) is 38.2. The van der Waals surface area contributed by atoms with Crippen molar-refractivity contribution in [1.82, 2.24) is 9.21 Å². The largest absolute Gasteiger partial charge is 0.325 e. The van der Waals surface area contributed by atoms with Gasteiger partial charge in [-0.05, 0) is 50.1 Å². The molecule has 2 aliphatic rings. The summed E-state index contributed by atoms with van der Waals surface area (Å²) in [6.07, 6.45) is 0.979. The van der Waals surface area contributed by atoms with E-state index < -0.39 is 27.9 Å². The van der Waals surface area contributed by atoms with Crippen LogP contribution in [0.5, 0.6) is 0 Å². The first-order valence-electron chi connectivity index (χ1n) is 9.56. The molecule has 2 aromatic carbocycles. The number of carbonyl (C=O) groups is 3. The second-order valence-corrected chi connectivity index (χ2v) is 9.40. The summed E-state index contributed by atoms with van der Waals surface area (Å²) in [6.45, 7) is 2.13. The number of carbonyl (C=O) groups excluding carboxylic acids is 3. The Kier molecular flexibility index (Phi) is 4.95. The van der Waals surface area contributed by atoms with Gasteiger partial charge in [0.25, 0.3) is 11.8 Å². The molecule has 0 unspecified atom stereocenters. The van der Waals surface area contributed by atoms with E-state index >= 15 is 0 Å². The Morgan fingerprint density at radius 2 is 1.70 bits per heavy atom. The molecule has 30 heavy (non-hydrogen) atoms. The molecule has 4 rings (SSSR count). The van der Waals surface area contributed by atoms with Crippen LogP contribution in [0, 0.1) is 6.92 Å². The van der Waals surface area contributed by atoms with E-state index in [0.717, 1.165) is 10.5 Å². The zero-order valence-electron chi connectivity index (χ0n) is 16.6. The average molecular weight is 427 g/mol. The van der Waals surface area contributed by atoms with Crippen molar-refractivity contribution in [2.45, 2.75) is 30.7 Å². The third-order valence-electron chi connectivity index (χ3n) is 5.49. The summed E-state index contributed by atoms with van der Waals surface area (Å²) in [5.74, 6) is -1.29. The van der Waals surface area contributed by atoms with Gasteiger partial charge in [-0.1, -0.05) is 17.7 Å². The fourth-order valence-electron chi connectivity index (χ4n) is 3.80. The molecule has 0 spiro atoms. The number of anilines is 1. The van der Waals surface area contributed by atoms with Crippen LogP contribution in [0.3, 0.4) is 0 Å². The van der Waals surface area contributed by atoms with Crippen LogP contribution < -0.4 is 5.32 Å². The van der Waals surface area contributed by atoms with Crippen LogP contribution in [0.1, 0.15) is 39.1 Å². The van der Waals surface area contributed by atoms with E-state index in [1.807, 2.05) is 6.92 Å². The van der Waals surface area contributed by atoms with E-state index in [4.69, 9.17) is 0 Å². The Morgan fingerprint density at radius 1 is 1.03 bits per heavy atom. The summed E-state index contributed by atoms with van der Waals surface area (Å²) >= 11 is 0. The summed E-state index contributed by atoms with van der Waals surface area (Å²) in [6, 6.07) is 10.2. The fraction of sp³-hybridized carbons (Fsp3) is 0.286. The van der Waals surface area contributed by atoms with Crippen LogP contribution in [-0.4, -0.2) is 55.0 Å². The molecule has 1 N–H and O–H groups in total. The van der Waals surface area contributed by atoms with E-state index in [9.17, 15) is 22.8 Å². The number of hydrogen-bond acceptors (Lipinski definition) is 5. The minimum atomic E-state index is -3.81. The number of aryl methyl sites for hydroxylation is 1. The number of benzene rings is 2. The van der Waals surface area contributed by atoms with Gasteiger partial charge in [0.2, 0.25) is 15.9 Å². The van der Waals surface area contributed by atoms with Crippen LogP contribution in [0.2, 0.25) is 0 Å². The van der Waals surface area contributed by atoms with Crippen molar-refractivity contribution in [1.29, 1.82) is 0 Å². The van der Waals surface area contributed by atoms with Crippen molar-refractivity contribution in [3.8, 4) is 0 Å². The first-order valence-corrected chi connectivity index (χ1v) is 11.0. The maximum absolute atomic E-state index is 13.0. The Balaban J connectivity index is 1.56. The molecule has 9 heteroatoms. The van der Waals surface area contributed by atoms with Gasteiger partial charge in [0.15, 0.2) is 0 Å². The Bertz CT molecular complexity index is 1160. The SMILES string of the molecule is Cc1ccc(S(=O)(=O)N2CCC[C@H]2C(=O)Nc2ccc3c(c2)C(=O)N(C)C3=O)cc1. The minimum Gasteiger partial charge on any atom is -0.325 e. The van der Waals surface area contributed by atoms with E-state index in [1.54, 1.807) is 12.1 Å². The highest BCUT2D eigenvalue weighted by molar-refractivity contribution is 7.89. The number of hydrogen-bond donors (Lipinski definition) is 1. The summed E-state index contributed by atoms with van der Waals surface area (Å²) < 4.78 is 27.3. The molecule has 8 nitrogen and oxygen atoms in total. The van der Waals surface area contributed by atoms with Crippen LogP contribution in [0.4, 0.5) is 5.69 Å². The van der Waals surface area contributed by atoms with E-state index in [-0.39, 0.29) is 28.5 Å². The number of rotatable bonds is 4. The zero-order valence-corrected chi connectivity index (χ0v) is 17.4.